The minimum Gasteiger partial charge on any atom is -0.349 e. The molecule has 0 atom stereocenters. The third kappa shape index (κ3) is 2.77. The number of hydrogen-bond acceptors (Lipinski definition) is 5. The molecule has 0 spiro atoms. The Kier molecular flexibility index (Phi) is 3.66. The van der Waals surface area contributed by atoms with Crippen LogP contribution in [0, 0.1) is 5.92 Å². The van der Waals surface area contributed by atoms with E-state index in [2.05, 4.69) is 26.7 Å². The van der Waals surface area contributed by atoms with Crippen LogP contribution in [0.2, 0.25) is 0 Å². The van der Waals surface area contributed by atoms with Crippen molar-refractivity contribution in [1.29, 1.82) is 0 Å². The van der Waals surface area contributed by atoms with E-state index >= 15 is 0 Å². The average molecular weight is 303 g/mol. The second kappa shape index (κ2) is 5.66. The van der Waals surface area contributed by atoms with E-state index in [0.29, 0.717) is 17.8 Å². The summed E-state index contributed by atoms with van der Waals surface area (Å²) in [6.45, 7) is 7.33. The molecule has 1 saturated carbocycles. The number of piperazine rings is 1. The number of hydrogen-bond donors (Lipinski definition) is 0. The van der Waals surface area contributed by atoms with E-state index in [0.717, 1.165) is 45.8 Å². The van der Waals surface area contributed by atoms with E-state index in [1.54, 1.807) is 6.20 Å². The van der Waals surface area contributed by atoms with Gasteiger partial charge in [-0.05, 0) is 25.8 Å². The third-order valence-electron chi connectivity index (χ3n) is 5.26. The molecule has 0 bridgehead atoms. The van der Waals surface area contributed by atoms with Gasteiger partial charge in [-0.2, -0.15) is 0 Å². The van der Waals surface area contributed by atoms with Crippen molar-refractivity contribution in [2.24, 2.45) is 5.92 Å². The second-order valence-corrected chi connectivity index (χ2v) is 7.05. The number of aromatic nitrogens is 2. The Bertz CT molecular complexity index is 582. The summed E-state index contributed by atoms with van der Waals surface area (Å²) in [7, 11) is 2.18. The van der Waals surface area contributed by atoms with E-state index in [-0.39, 0.29) is 5.56 Å². The maximum atomic E-state index is 12.5. The molecular formula is C16H25N5O. The summed E-state index contributed by atoms with van der Waals surface area (Å²) < 4.78 is 1.85. The Morgan fingerprint density at radius 3 is 2.59 bits per heavy atom. The predicted octanol–water partition coefficient (Wildman–Crippen LogP) is 0.0893. The van der Waals surface area contributed by atoms with Crippen molar-refractivity contribution in [1.82, 2.24) is 19.4 Å². The van der Waals surface area contributed by atoms with Crippen molar-refractivity contribution in [3.8, 4) is 0 Å². The normalized spacial score (nSPS) is 24.5. The van der Waals surface area contributed by atoms with Crippen LogP contribution in [0.15, 0.2) is 17.2 Å². The molecule has 0 amide bonds. The lowest BCUT2D eigenvalue weighted by Gasteiger charge is -2.48. The highest BCUT2D eigenvalue weighted by Gasteiger charge is 2.35. The van der Waals surface area contributed by atoms with Gasteiger partial charge in [-0.3, -0.25) is 9.69 Å². The molecule has 22 heavy (non-hydrogen) atoms. The first-order chi connectivity index (χ1) is 10.7. The summed E-state index contributed by atoms with van der Waals surface area (Å²) >= 11 is 0. The molecule has 3 fully saturated rings. The van der Waals surface area contributed by atoms with Gasteiger partial charge in [-0.15, -0.1) is 0 Å². The summed E-state index contributed by atoms with van der Waals surface area (Å²) in [4.78, 5) is 24.0. The number of nitrogens with zero attached hydrogens (tertiary/aromatic N) is 5. The van der Waals surface area contributed by atoms with Crippen molar-refractivity contribution >= 4 is 5.82 Å². The van der Waals surface area contributed by atoms with Gasteiger partial charge in [0.15, 0.2) is 5.82 Å². The molecule has 1 aromatic heterocycles. The average Bonchev–Trinajstić information content (AvgIpc) is 3.27. The van der Waals surface area contributed by atoms with Crippen molar-refractivity contribution < 1.29 is 0 Å². The highest BCUT2D eigenvalue weighted by molar-refractivity contribution is 5.40. The van der Waals surface area contributed by atoms with E-state index < -0.39 is 0 Å². The minimum absolute atomic E-state index is 0.0891. The highest BCUT2D eigenvalue weighted by Crippen LogP contribution is 2.30. The van der Waals surface area contributed by atoms with Crippen LogP contribution in [0.1, 0.15) is 12.8 Å². The zero-order valence-corrected chi connectivity index (χ0v) is 13.3. The Labute approximate surface area is 131 Å². The van der Waals surface area contributed by atoms with E-state index in [1.165, 1.54) is 12.8 Å². The van der Waals surface area contributed by atoms with Crippen LogP contribution < -0.4 is 10.5 Å². The first-order valence-electron chi connectivity index (χ1n) is 8.43. The van der Waals surface area contributed by atoms with Crippen LogP contribution in [-0.4, -0.2) is 71.7 Å². The molecule has 2 aliphatic heterocycles. The molecule has 3 aliphatic rings. The Balaban J connectivity index is 1.39. The van der Waals surface area contributed by atoms with Gasteiger partial charge in [0.1, 0.15) is 0 Å². The number of likely N-dealkylation sites (N-methyl/N-ethyl adjacent to an activating group) is 1. The largest absolute Gasteiger partial charge is 0.349 e. The van der Waals surface area contributed by atoms with Crippen LogP contribution in [-0.2, 0) is 6.54 Å². The Morgan fingerprint density at radius 2 is 1.91 bits per heavy atom. The van der Waals surface area contributed by atoms with Crippen molar-refractivity contribution in [3.05, 3.63) is 22.7 Å². The van der Waals surface area contributed by atoms with Gasteiger partial charge in [0.2, 0.25) is 0 Å². The quantitative estimate of drug-likeness (QED) is 0.789. The smallest absolute Gasteiger partial charge is 0.293 e. The molecule has 2 saturated heterocycles. The van der Waals surface area contributed by atoms with Crippen LogP contribution in [0.4, 0.5) is 5.82 Å². The van der Waals surface area contributed by atoms with Crippen molar-refractivity contribution in [2.45, 2.75) is 25.4 Å². The predicted molar refractivity (Wildman–Crippen MR) is 86.3 cm³/mol. The van der Waals surface area contributed by atoms with Gasteiger partial charge >= 0.3 is 0 Å². The van der Waals surface area contributed by atoms with Gasteiger partial charge in [-0.25, -0.2) is 4.98 Å². The molecule has 0 unspecified atom stereocenters. The lowest BCUT2D eigenvalue weighted by Crippen LogP contribution is -2.64. The molecule has 120 valence electrons. The zero-order valence-electron chi connectivity index (χ0n) is 13.3. The molecule has 1 aliphatic carbocycles. The standard InChI is InChI=1S/C16H25N5O/c1-18-6-8-19(9-7-18)14-11-21(12-14)15-16(22)20(5-4-17-15)10-13-2-3-13/h4-5,13-14H,2-3,6-12H2,1H3. The SMILES string of the molecule is CN1CCN(C2CN(c3nccn(CC4CC4)c3=O)C2)CC1. The molecule has 4 rings (SSSR count). The summed E-state index contributed by atoms with van der Waals surface area (Å²) in [5, 5.41) is 0. The Morgan fingerprint density at radius 1 is 1.18 bits per heavy atom. The Hall–Kier alpha value is -1.40. The van der Waals surface area contributed by atoms with Gasteiger partial charge in [0.25, 0.3) is 5.56 Å². The van der Waals surface area contributed by atoms with Gasteiger partial charge < -0.3 is 14.4 Å². The molecule has 6 heteroatoms. The molecular weight excluding hydrogens is 278 g/mol. The summed E-state index contributed by atoms with van der Waals surface area (Å²) in [5.41, 5.74) is 0.0891. The third-order valence-corrected chi connectivity index (χ3v) is 5.26. The lowest BCUT2D eigenvalue weighted by atomic mass is 10.1. The summed E-state index contributed by atoms with van der Waals surface area (Å²) in [6, 6.07) is 0.590. The molecule has 1 aromatic rings. The van der Waals surface area contributed by atoms with Crippen LogP contribution in [0.5, 0.6) is 0 Å². The van der Waals surface area contributed by atoms with Crippen molar-refractivity contribution in [2.75, 3.05) is 51.2 Å². The molecule has 3 heterocycles. The first-order valence-corrected chi connectivity index (χ1v) is 8.43. The maximum absolute atomic E-state index is 12.5. The number of anilines is 1. The maximum Gasteiger partial charge on any atom is 0.293 e. The molecule has 0 aromatic carbocycles. The van der Waals surface area contributed by atoms with Crippen molar-refractivity contribution in [3.63, 3.8) is 0 Å². The van der Waals surface area contributed by atoms with E-state index in [1.807, 2.05) is 10.8 Å². The second-order valence-electron chi connectivity index (χ2n) is 7.05. The first kappa shape index (κ1) is 14.2. The van der Waals surface area contributed by atoms with Gasteiger partial charge in [0, 0.05) is 64.2 Å². The summed E-state index contributed by atoms with van der Waals surface area (Å²) in [6.07, 6.45) is 6.14. The monoisotopic (exact) mass is 303 g/mol. The molecule has 0 N–H and O–H groups in total. The highest BCUT2D eigenvalue weighted by atomic mass is 16.1. The topological polar surface area (TPSA) is 44.6 Å². The zero-order chi connectivity index (χ0) is 15.1. The minimum atomic E-state index is 0.0891. The fraction of sp³-hybridized carbons (Fsp3) is 0.750. The van der Waals surface area contributed by atoms with E-state index in [9.17, 15) is 4.79 Å². The summed E-state index contributed by atoms with van der Waals surface area (Å²) in [5.74, 6) is 1.36. The lowest BCUT2D eigenvalue weighted by molar-refractivity contribution is 0.0959. The fourth-order valence-corrected chi connectivity index (χ4v) is 3.42. The molecule has 6 nitrogen and oxygen atoms in total. The van der Waals surface area contributed by atoms with E-state index in [4.69, 9.17) is 0 Å². The fourth-order valence-electron chi connectivity index (χ4n) is 3.42. The van der Waals surface area contributed by atoms with Crippen LogP contribution in [0.25, 0.3) is 0 Å². The van der Waals surface area contributed by atoms with Gasteiger partial charge in [0.05, 0.1) is 0 Å². The van der Waals surface area contributed by atoms with Crippen LogP contribution in [0.3, 0.4) is 0 Å². The van der Waals surface area contributed by atoms with Crippen LogP contribution >= 0.6 is 0 Å². The molecule has 0 radical (unpaired) electrons. The van der Waals surface area contributed by atoms with Gasteiger partial charge in [-0.1, -0.05) is 0 Å². The number of rotatable bonds is 4.